The molecule has 154 valence electrons. The summed E-state index contributed by atoms with van der Waals surface area (Å²) in [5.74, 6) is 1.34. The molecule has 6 nitrogen and oxygen atoms in total. The molecular weight excluding hydrogens is 396 g/mol. The van der Waals surface area contributed by atoms with Crippen LogP contribution in [0.2, 0.25) is 0 Å². The highest BCUT2D eigenvalue weighted by atomic mass is 15.3. The van der Waals surface area contributed by atoms with Crippen molar-refractivity contribution in [3.63, 3.8) is 0 Å². The Morgan fingerprint density at radius 3 is 2.19 bits per heavy atom. The van der Waals surface area contributed by atoms with Crippen molar-refractivity contribution in [3.05, 3.63) is 108 Å². The fourth-order valence-corrected chi connectivity index (χ4v) is 4.26. The van der Waals surface area contributed by atoms with Gasteiger partial charge in [0.05, 0.1) is 11.1 Å². The fraction of sp³-hybridized carbons (Fsp3) is 0.0385. The van der Waals surface area contributed by atoms with E-state index in [-0.39, 0.29) is 0 Å². The van der Waals surface area contributed by atoms with Crippen molar-refractivity contribution < 1.29 is 0 Å². The summed E-state index contributed by atoms with van der Waals surface area (Å²) in [5, 5.41) is 19.0. The Labute approximate surface area is 184 Å². The lowest BCUT2D eigenvalue weighted by Gasteiger charge is -2.14. The number of para-hydroxylation sites is 2. The van der Waals surface area contributed by atoms with E-state index in [0.717, 1.165) is 39.4 Å². The lowest BCUT2D eigenvalue weighted by Crippen LogP contribution is -2.22. The number of benzene rings is 3. The van der Waals surface area contributed by atoms with Crippen LogP contribution in [-0.4, -0.2) is 23.7 Å². The number of fused-ring (bicyclic) bond motifs is 3. The summed E-state index contributed by atoms with van der Waals surface area (Å²) in [7, 11) is 0. The lowest BCUT2D eigenvalue weighted by atomic mass is 10.1. The molecule has 0 fully saturated rings. The van der Waals surface area contributed by atoms with Gasteiger partial charge in [-0.1, -0.05) is 60.2 Å². The van der Waals surface area contributed by atoms with Gasteiger partial charge in [0.2, 0.25) is 5.78 Å². The standard InChI is InChI=1S/C26H20N6/c1-18-9-8-10-19(17-18)24-28-29-26-31(21-13-6-3-7-14-21)23(27)22-15-16-30(25(22)32(24)26)20-11-4-2-5-12-20/h2-17,27H,1H3. The van der Waals surface area contributed by atoms with Crippen molar-refractivity contribution in [3.8, 4) is 22.8 Å². The first-order valence-electron chi connectivity index (χ1n) is 10.5. The maximum absolute atomic E-state index is 9.05. The van der Waals surface area contributed by atoms with Crippen LogP contribution in [0.25, 0.3) is 39.6 Å². The molecule has 0 saturated heterocycles. The zero-order valence-corrected chi connectivity index (χ0v) is 17.5. The second-order valence-corrected chi connectivity index (χ2v) is 7.81. The topological polar surface area (TPSA) is 63.9 Å². The van der Waals surface area contributed by atoms with Gasteiger partial charge in [-0.05, 0) is 43.3 Å². The van der Waals surface area contributed by atoms with Crippen molar-refractivity contribution >= 4 is 16.8 Å². The first-order valence-corrected chi connectivity index (χ1v) is 10.5. The summed E-state index contributed by atoms with van der Waals surface area (Å²) in [6.07, 6.45) is 2.01. The van der Waals surface area contributed by atoms with Crippen molar-refractivity contribution in [1.82, 2.24) is 23.7 Å². The van der Waals surface area contributed by atoms with Crippen LogP contribution in [0.3, 0.4) is 0 Å². The van der Waals surface area contributed by atoms with Gasteiger partial charge in [-0.15, -0.1) is 10.2 Å². The predicted molar refractivity (Wildman–Crippen MR) is 125 cm³/mol. The van der Waals surface area contributed by atoms with E-state index in [1.165, 1.54) is 0 Å². The molecule has 0 aliphatic rings. The summed E-state index contributed by atoms with van der Waals surface area (Å²) in [6, 6.07) is 30.3. The van der Waals surface area contributed by atoms with E-state index in [1.54, 1.807) is 0 Å². The van der Waals surface area contributed by atoms with E-state index in [1.807, 2.05) is 77.5 Å². The average Bonchev–Trinajstić information content (AvgIpc) is 3.45. The van der Waals surface area contributed by atoms with Gasteiger partial charge < -0.3 is 4.57 Å². The zero-order valence-electron chi connectivity index (χ0n) is 17.5. The van der Waals surface area contributed by atoms with Crippen LogP contribution in [0.4, 0.5) is 0 Å². The van der Waals surface area contributed by atoms with Gasteiger partial charge in [0, 0.05) is 17.4 Å². The number of hydrogen-bond acceptors (Lipinski definition) is 3. The Hall–Kier alpha value is -4.45. The zero-order chi connectivity index (χ0) is 21.7. The van der Waals surface area contributed by atoms with Gasteiger partial charge in [-0.2, -0.15) is 0 Å². The predicted octanol–water partition coefficient (Wildman–Crippen LogP) is 4.92. The third-order valence-electron chi connectivity index (χ3n) is 5.72. The van der Waals surface area contributed by atoms with Crippen LogP contribution in [0, 0.1) is 12.3 Å². The van der Waals surface area contributed by atoms with Gasteiger partial charge in [0.15, 0.2) is 5.82 Å². The molecule has 3 aromatic heterocycles. The third kappa shape index (κ3) is 2.70. The summed E-state index contributed by atoms with van der Waals surface area (Å²) in [5.41, 5.74) is 5.27. The quantitative estimate of drug-likeness (QED) is 0.445. The Morgan fingerprint density at radius 2 is 1.47 bits per heavy atom. The Kier molecular flexibility index (Phi) is 4.04. The molecule has 32 heavy (non-hydrogen) atoms. The van der Waals surface area contributed by atoms with Gasteiger partial charge in [-0.25, -0.2) is 4.40 Å². The van der Waals surface area contributed by atoms with E-state index in [9.17, 15) is 0 Å². The SMILES string of the molecule is Cc1cccc(-c2nnc3n(-c4ccccc4)c(=N)c4ccn(-c5ccccc5)c4n23)c1. The van der Waals surface area contributed by atoms with Gasteiger partial charge in [-0.3, -0.25) is 9.98 Å². The summed E-state index contributed by atoms with van der Waals surface area (Å²) in [4.78, 5) is 0. The maximum atomic E-state index is 9.05. The molecule has 6 rings (SSSR count). The molecule has 6 heteroatoms. The summed E-state index contributed by atoms with van der Waals surface area (Å²) >= 11 is 0. The highest BCUT2D eigenvalue weighted by molar-refractivity contribution is 5.82. The van der Waals surface area contributed by atoms with E-state index in [2.05, 4.69) is 50.4 Å². The molecule has 0 radical (unpaired) electrons. The van der Waals surface area contributed by atoms with E-state index < -0.39 is 0 Å². The van der Waals surface area contributed by atoms with Gasteiger partial charge >= 0.3 is 0 Å². The molecule has 0 atom stereocenters. The van der Waals surface area contributed by atoms with E-state index in [0.29, 0.717) is 11.3 Å². The second-order valence-electron chi connectivity index (χ2n) is 7.81. The van der Waals surface area contributed by atoms with Crippen LogP contribution >= 0.6 is 0 Å². The van der Waals surface area contributed by atoms with Crippen molar-refractivity contribution in [1.29, 1.82) is 5.41 Å². The average molecular weight is 416 g/mol. The highest BCUT2D eigenvalue weighted by Crippen LogP contribution is 2.26. The smallest absolute Gasteiger partial charge is 0.243 e. The minimum absolute atomic E-state index is 0.372. The van der Waals surface area contributed by atoms with Crippen LogP contribution < -0.4 is 5.49 Å². The highest BCUT2D eigenvalue weighted by Gasteiger charge is 2.20. The Bertz CT molecular complexity index is 1640. The molecular formula is C26H20N6. The van der Waals surface area contributed by atoms with Crippen LogP contribution in [0.5, 0.6) is 0 Å². The summed E-state index contributed by atoms with van der Waals surface area (Å²) < 4.78 is 6.00. The summed E-state index contributed by atoms with van der Waals surface area (Å²) in [6.45, 7) is 2.07. The lowest BCUT2D eigenvalue weighted by molar-refractivity contribution is 0.912. The Balaban J connectivity index is 1.81. The normalized spacial score (nSPS) is 11.4. The van der Waals surface area contributed by atoms with Crippen molar-refractivity contribution in [2.75, 3.05) is 0 Å². The molecule has 0 amide bonds. The number of rotatable bonds is 3. The first-order chi connectivity index (χ1) is 15.7. The molecule has 0 saturated carbocycles. The van der Waals surface area contributed by atoms with E-state index in [4.69, 9.17) is 5.41 Å². The molecule has 0 aliphatic carbocycles. The van der Waals surface area contributed by atoms with Gasteiger partial charge in [0.1, 0.15) is 11.1 Å². The third-order valence-corrected chi connectivity index (χ3v) is 5.72. The number of aryl methyl sites for hydroxylation is 1. The molecule has 3 heterocycles. The number of hydrogen-bond donors (Lipinski definition) is 1. The minimum atomic E-state index is 0.372. The monoisotopic (exact) mass is 416 g/mol. The van der Waals surface area contributed by atoms with Crippen LogP contribution in [0.15, 0.2) is 97.2 Å². The molecule has 6 aromatic rings. The Morgan fingerprint density at radius 1 is 0.750 bits per heavy atom. The molecule has 3 aromatic carbocycles. The van der Waals surface area contributed by atoms with Crippen LogP contribution in [0.1, 0.15) is 5.56 Å². The van der Waals surface area contributed by atoms with Crippen molar-refractivity contribution in [2.45, 2.75) is 6.92 Å². The maximum Gasteiger partial charge on any atom is 0.243 e. The minimum Gasteiger partial charge on any atom is -0.302 e. The number of nitrogens with one attached hydrogen (secondary N) is 1. The number of nitrogens with zero attached hydrogens (tertiary/aromatic N) is 5. The number of aromatic nitrogens is 5. The fourth-order valence-electron chi connectivity index (χ4n) is 4.26. The van der Waals surface area contributed by atoms with E-state index >= 15 is 0 Å². The molecule has 0 aliphatic heterocycles. The molecule has 0 unspecified atom stereocenters. The largest absolute Gasteiger partial charge is 0.302 e. The first kappa shape index (κ1) is 18.3. The molecule has 0 spiro atoms. The molecule has 0 bridgehead atoms. The van der Waals surface area contributed by atoms with Crippen molar-refractivity contribution in [2.24, 2.45) is 0 Å². The molecule has 1 N–H and O–H groups in total. The second kappa shape index (κ2) is 7.06. The van der Waals surface area contributed by atoms with Gasteiger partial charge in [0.25, 0.3) is 0 Å². The van der Waals surface area contributed by atoms with Crippen LogP contribution in [-0.2, 0) is 0 Å².